The smallest absolute Gasteiger partial charge is 0.0104 e. The summed E-state index contributed by atoms with van der Waals surface area (Å²) in [4.78, 5) is 4.94. The molecule has 1 aliphatic heterocycles. The van der Waals surface area contributed by atoms with Crippen molar-refractivity contribution in [2.24, 2.45) is 5.41 Å². The van der Waals surface area contributed by atoms with Gasteiger partial charge < -0.3 is 15.1 Å². The Balaban J connectivity index is 2.38. The molecule has 0 spiro atoms. The SMILES string of the molecule is CN1CCCN(C)CCC(C)(C)CCCNCC1. The van der Waals surface area contributed by atoms with Crippen LogP contribution in [0.15, 0.2) is 0 Å². The lowest BCUT2D eigenvalue weighted by Crippen LogP contribution is -2.33. The van der Waals surface area contributed by atoms with Gasteiger partial charge in [0.1, 0.15) is 0 Å². The lowest BCUT2D eigenvalue weighted by atomic mass is 9.84. The highest BCUT2D eigenvalue weighted by Gasteiger charge is 2.18. The van der Waals surface area contributed by atoms with Gasteiger partial charge in [-0.05, 0) is 71.4 Å². The monoisotopic (exact) mass is 255 g/mol. The van der Waals surface area contributed by atoms with Crippen molar-refractivity contribution in [3.05, 3.63) is 0 Å². The highest BCUT2D eigenvalue weighted by atomic mass is 15.1. The minimum Gasteiger partial charge on any atom is -0.315 e. The maximum absolute atomic E-state index is 3.56. The minimum atomic E-state index is 0.497. The van der Waals surface area contributed by atoms with Gasteiger partial charge in [-0.25, -0.2) is 0 Å². The molecule has 0 aliphatic carbocycles. The molecule has 0 atom stereocenters. The fourth-order valence-electron chi connectivity index (χ4n) is 2.54. The van der Waals surface area contributed by atoms with Gasteiger partial charge in [-0.2, -0.15) is 0 Å². The van der Waals surface area contributed by atoms with Gasteiger partial charge in [-0.15, -0.1) is 0 Å². The molecule has 0 aromatic rings. The van der Waals surface area contributed by atoms with Crippen LogP contribution in [-0.4, -0.2) is 63.2 Å². The number of likely N-dealkylation sites (N-methyl/N-ethyl adjacent to an activating group) is 1. The second-order valence-corrected chi connectivity index (χ2v) is 6.73. The summed E-state index contributed by atoms with van der Waals surface area (Å²) in [5.74, 6) is 0. The topological polar surface area (TPSA) is 18.5 Å². The zero-order valence-electron chi connectivity index (χ0n) is 13.0. The first-order chi connectivity index (χ1) is 8.49. The zero-order valence-corrected chi connectivity index (χ0v) is 13.0. The summed E-state index contributed by atoms with van der Waals surface area (Å²) in [6.45, 7) is 12.0. The van der Waals surface area contributed by atoms with E-state index in [9.17, 15) is 0 Å². The summed E-state index contributed by atoms with van der Waals surface area (Å²) >= 11 is 0. The van der Waals surface area contributed by atoms with Gasteiger partial charge in [0.05, 0.1) is 0 Å². The molecule has 0 amide bonds. The van der Waals surface area contributed by atoms with Gasteiger partial charge in [0.2, 0.25) is 0 Å². The molecule has 18 heavy (non-hydrogen) atoms. The van der Waals surface area contributed by atoms with Gasteiger partial charge in [-0.3, -0.25) is 0 Å². The zero-order chi connectivity index (χ0) is 13.4. The van der Waals surface area contributed by atoms with Crippen molar-refractivity contribution in [1.82, 2.24) is 15.1 Å². The molecule has 1 N–H and O–H groups in total. The molecule has 108 valence electrons. The molecule has 0 aromatic heterocycles. The molecule has 1 rings (SSSR count). The Labute approximate surface area is 114 Å². The van der Waals surface area contributed by atoms with Crippen LogP contribution in [0.2, 0.25) is 0 Å². The number of hydrogen-bond acceptors (Lipinski definition) is 3. The number of hydrogen-bond donors (Lipinski definition) is 1. The van der Waals surface area contributed by atoms with E-state index in [1.54, 1.807) is 0 Å². The molecular formula is C15H33N3. The average Bonchev–Trinajstić information content (AvgIpc) is 2.30. The van der Waals surface area contributed by atoms with E-state index < -0.39 is 0 Å². The fraction of sp³-hybridized carbons (Fsp3) is 1.00. The molecule has 1 fully saturated rings. The first-order valence-electron chi connectivity index (χ1n) is 7.57. The summed E-state index contributed by atoms with van der Waals surface area (Å²) in [5.41, 5.74) is 0.497. The van der Waals surface area contributed by atoms with Gasteiger partial charge in [0, 0.05) is 13.1 Å². The third-order valence-corrected chi connectivity index (χ3v) is 4.13. The predicted octanol–water partition coefficient (Wildman–Crippen LogP) is 2.04. The highest BCUT2D eigenvalue weighted by molar-refractivity contribution is 4.72. The second kappa shape index (κ2) is 8.13. The lowest BCUT2D eigenvalue weighted by molar-refractivity contribution is 0.217. The third kappa shape index (κ3) is 7.34. The first kappa shape index (κ1) is 15.9. The molecule has 3 heteroatoms. The van der Waals surface area contributed by atoms with Crippen LogP contribution in [0.25, 0.3) is 0 Å². The molecule has 0 aromatic carbocycles. The highest BCUT2D eigenvalue weighted by Crippen LogP contribution is 2.26. The molecular weight excluding hydrogens is 222 g/mol. The predicted molar refractivity (Wildman–Crippen MR) is 80.1 cm³/mol. The van der Waals surface area contributed by atoms with Crippen LogP contribution < -0.4 is 5.32 Å². The van der Waals surface area contributed by atoms with Crippen molar-refractivity contribution < 1.29 is 0 Å². The molecule has 0 bridgehead atoms. The molecule has 3 nitrogen and oxygen atoms in total. The summed E-state index contributed by atoms with van der Waals surface area (Å²) in [6, 6.07) is 0. The van der Waals surface area contributed by atoms with E-state index in [4.69, 9.17) is 0 Å². The maximum Gasteiger partial charge on any atom is 0.0104 e. The maximum atomic E-state index is 3.56. The normalized spacial score (nSPS) is 26.7. The van der Waals surface area contributed by atoms with E-state index >= 15 is 0 Å². The standard InChI is InChI=1S/C15H33N3/c1-15(2)7-5-9-16-10-14-18(4)12-6-11-17(3)13-8-15/h16H,5-14H2,1-4H3. The van der Waals surface area contributed by atoms with Gasteiger partial charge in [0.15, 0.2) is 0 Å². The quantitative estimate of drug-likeness (QED) is 0.714. The number of nitrogens with one attached hydrogen (secondary N) is 1. The van der Waals surface area contributed by atoms with Crippen molar-refractivity contribution in [2.45, 2.75) is 39.5 Å². The first-order valence-corrected chi connectivity index (χ1v) is 7.57. The Morgan fingerprint density at radius 2 is 1.44 bits per heavy atom. The summed E-state index contributed by atoms with van der Waals surface area (Å²) in [6.07, 6.45) is 5.25. The Bertz CT molecular complexity index is 216. The van der Waals surface area contributed by atoms with E-state index in [2.05, 4.69) is 43.1 Å². The van der Waals surface area contributed by atoms with E-state index in [0.717, 1.165) is 6.54 Å². The van der Waals surface area contributed by atoms with E-state index in [1.165, 1.54) is 58.4 Å². The third-order valence-electron chi connectivity index (χ3n) is 4.13. The summed E-state index contributed by atoms with van der Waals surface area (Å²) < 4.78 is 0. The van der Waals surface area contributed by atoms with Crippen LogP contribution in [0.1, 0.15) is 39.5 Å². The van der Waals surface area contributed by atoms with Crippen LogP contribution in [0.3, 0.4) is 0 Å². The molecule has 0 radical (unpaired) electrons. The lowest BCUT2D eigenvalue weighted by Gasteiger charge is -2.28. The van der Waals surface area contributed by atoms with Gasteiger partial charge in [-0.1, -0.05) is 13.8 Å². The van der Waals surface area contributed by atoms with Crippen molar-refractivity contribution in [2.75, 3.05) is 53.4 Å². The largest absolute Gasteiger partial charge is 0.315 e. The average molecular weight is 255 g/mol. The van der Waals surface area contributed by atoms with E-state index in [-0.39, 0.29) is 0 Å². The van der Waals surface area contributed by atoms with E-state index in [0.29, 0.717) is 5.41 Å². The molecule has 0 saturated carbocycles. The summed E-state index contributed by atoms with van der Waals surface area (Å²) in [7, 11) is 4.50. The van der Waals surface area contributed by atoms with Crippen molar-refractivity contribution in [3.8, 4) is 0 Å². The van der Waals surface area contributed by atoms with Crippen molar-refractivity contribution in [3.63, 3.8) is 0 Å². The van der Waals surface area contributed by atoms with Crippen LogP contribution >= 0.6 is 0 Å². The van der Waals surface area contributed by atoms with Crippen molar-refractivity contribution in [1.29, 1.82) is 0 Å². The second-order valence-electron chi connectivity index (χ2n) is 6.73. The van der Waals surface area contributed by atoms with Gasteiger partial charge >= 0.3 is 0 Å². The number of rotatable bonds is 0. The summed E-state index contributed by atoms with van der Waals surface area (Å²) in [5, 5.41) is 3.56. The Kier molecular flexibility index (Phi) is 7.20. The Morgan fingerprint density at radius 3 is 2.17 bits per heavy atom. The van der Waals surface area contributed by atoms with Crippen LogP contribution in [0.5, 0.6) is 0 Å². The Morgan fingerprint density at radius 1 is 0.778 bits per heavy atom. The molecule has 0 unspecified atom stereocenters. The van der Waals surface area contributed by atoms with Crippen LogP contribution in [0, 0.1) is 5.41 Å². The Hall–Kier alpha value is -0.120. The van der Waals surface area contributed by atoms with Crippen LogP contribution in [0.4, 0.5) is 0 Å². The van der Waals surface area contributed by atoms with E-state index in [1.807, 2.05) is 0 Å². The van der Waals surface area contributed by atoms with Crippen LogP contribution in [-0.2, 0) is 0 Å². The molecule has 1 aliphatic rings. The fourth-order valence-corrected chi connectivity index (χ4v) is 2.54. The van der Waals surface area contributed by atoms with Gasteiger partial charge in [0.25, 0.3) is 0 Å². The minimum absolute atomic E-state index is 0.497. The molecule has 1 heterocycles. The number of nitrogens with zero attached hydrogens (tertiary/aromatic N) is 2. The molecule has 1 saturated heterocycles. The van der Waals surface area contributed by atoms with Crippen molar-refractivity contribution >= 4 is 0 Å².